The van der Waals surface area contributed by atoms with Crippen LogP contribution >= 0.6 is 11.3 Å². The molecule has 0 radical (unpaired) electrons. The van der Waals surface area contributed by atoms with Crippen LogP contribution in [0.15, 0.2) is 36.7 Å². The number of pyridine rings is 1. The van der Waals surface area contributed by atoms with Crippen LogP contribution in [0.25, 0.3) is 27.5 Å². The molecule has 196 valence electrons. The van der Waals surface area contributed by atoms with Crippen LogP contribution in [0, 0.1) is 34.5 Å². The van der Waals surface area contributed by atoms with Gasteiger partial charge in [-0.25, -0.2) is 4.52 Å². The molecule has 1 saturated carbocycles. The van der Waals surface area contributed by atoms with E-state index in [4.69, 9.17) is 4.98 Å². The number of rotatable bonds is 6. The number of hydrogen-bond donors (Lipinski definition) is 2. The molecule has 0 spiro atoms. The second-order valence-corrected chi connectivity index (χ2v) is 11.1. The normalized spacial score (nSPS) is 20.8. The van der Waals surface area contributed by atoms with Crippen molar-refractivity contribution < 1.29 is 4.79 Å². The van der Waals surface area contributed by atoms with Gasteiger partial charge in [-0.15, -0.1) is 10.2 Å². The summed E-state index contributed by atoms with van der Waals surface area (Å²) in [6.45, 7) is 5.06. The van der Waals surface area contributed by atoms with Gasteiger partial charge < -0.3 is 15.5 Å². The lowest BCUT2D eigenvalue weighted by atomic mass is 9.92. The maximum atomic E-state index is 11.7. The minimum Gasteiger partial charge on any atom is -0.369 e. The van der Waals surface area contributed by atoms with Gasteiger partial charge in [0.25, 0.3) is 0 Å². The lowest BCUT2D eigenvalue weighted by molar-refractivity contribution is -0.120. The first kappa shape index (κ1) is 24.8. The van der Waals surface area contributed by atoms with Crippen LogP contribution in [0.5, 0.6) is 0 Å². The number of piperidine rings is 1. The third-order valence-corrected chi connectivity index (χ3v) is 8.50. The lowest BCUT2D eigenvalue weighted by Gasteiger charge is -2.37. The fourth-order valence-electron chi connectivity index (χ4n) is 5.71. The zero-order chi connectivity index (χ0) is 27.1. The van der Waals surface area contributed by atoms with E-state index in [-0.39, 0.29) is 11.9 Å². The Labute approximate surface area is 229 Å². The van der Waals surface area contributed by atoms with Gasteiger partial charge in [0.15, 0.2) is 5.01 Å². The average Bonchev–Trinajstić information content (AvgIpc) is 3.64. The molecule has 2 aliphatic rings. The molecule has 6 rings (SSSR count). The van der Waals surface area contributed by atoms with Crippen LogP contribution in [0.1, 0.15) is 32.3 Å². The fourth-order valence-corrected chi connectivity index (χ4v) is 6.59. The molecule has 12 heteroatoms. The lowest BCUT2D eigenvalue weighted by Crippen LogP contribution is -2.52. The van der Waals surface area contributed by atoms with E-state index in [0.717, 1.165) is 53.5 Å². The first-order valence-corrected chi connectivity index (χ1v) is 13.7. The Balaban J connectivity index is 1.31. The summed E-state index contributed by atoms with van der Waals surface area (Å²) in [5, 5.41) is 40.1. The molecule has 4 aromatic heterocycles. The number of anilines is 2. The Morgan fingerprint density at radius 2 is 1.95 bits per heavy atom. The molecule has 2 bridgehead atoms. The fraction of sp³-hybridized carbons (Fsp3) is 0.370. The average molecular weight is 539 g/mol. The van der Waals surface area contributed by atoms with Crippen LogP contribution in [0.4, 0.5) is 10.8 Å². The van der Waals surface area contributed by atoms with Crippen molar-refractivity contribution in [1.82, 2.24) is 30.1 Å². The number of carbonyl (C=O) groups excluding carboxylic acids is 1. The third kappa shape index (κ3) is 4.64. The summed E-state index contributed by atoms with van der Waals surface area (Å²) in [5.41, 5.74) is 4.21. The van der Waals surface area contributed by atoms with Crippen LogP contribution < -0.4 is 15.5 Å². The number of hydrogen-bond acceptors (Lipinski definition) is 10. The third-order valence-electron chi connectivity index (χ3n) is 7.48. The molecular formula is C27H26N10OS. The summed E-state index contributed by atoms with van der Waals surface area (Å²) in [5.74, 6) is 0.843. The summed E-state index contributed by atoms with van der Waals surface area (Å²) in [7, 11) is 0. The zero-order valence-electron chi connectivity index (χ0n) is 21.5. The highest BCUT2D eigenvalue weighted by atomic mass is 32.1. The molecule has 11 nitrogen and oxygen atoms in total. The maximum absolute atomic E-state index is 11.7. The van der Waals surface area contributed by atoms with Crippen LogP contribution in [-0.2, 0) is 4.79 Å². The van der Waals surface area contributed by atoms with Crippen LogP contribution in [-0.4, -0.2) is 55.9 Å². The largest absolute Gasteiger partial charge is 0.369 e. The van der Waals surface area contributed by atoms with Crippen LogP contribution in [0.3, 0.4) is 0 Å². The second-order valence-electron chi connectivity index (χ2n) is 10.1. The van der Waals surface area contributed by atoms with E-state index in [1.54, 1.807) is 30.6 Å². The van der Waals surface area contributed by atoms with Crippen molar-refractivity contribution in [3.63, 3.8) is 0 Å². The minimum absolute atomic E-state index is 0.0296. The van der Waals surface area contributed by atoms with E-state index < -0.39 is 6.04 Å². The van der Waals surface area contributed by atoms with Gasteiger partial charge in [0, 0.05) is 37.9 Å². The molecule has 1 aliphatic carbocycles. The maximum Gasteiger partial charge on any atom is 0.217 e. The van der Waals surface area contributed by atoms with Crippen molar-refractivity contribution in [1.29, 1.82) is 10.5 Å². The van der Waals surface area contributed by atoms with Gasteiger partial charge in [-0.2, -0.15) is 15.6 Å². The molecular weight excluding hydrogens is 512 g/mol. The number of carbonyl (C=O) groups is 1. The van der Waals surface area contributed by atoms with Gasteiger partial charge in [0.1, 0.15) is 12.1 Å². The Bertz CT molecular complexity index is 1630. The van der Waals surface area contributed by atoms with Gasteiger partial charge in [0.2, 0.25) is 11.0 Å². The van der Waals surface area contributed by atoms with E-state index in [0.29, 0.717) is 28.1 Å². The number of nitrogens with zero attached hydrogens (tertiary/aromatic N) is 8. The predicted octanol–water partition coefficient (Wildman–Crippen LogP) is 3.46. The van der Waals surface area contributed by atoms with Gasteiger partial charge in [-0.1, -0.05) is 11.3 Å². The Hall–Kier alpha value is -4.55. The van der Waals surface area contributed by atoms with Crippen molar-refractivity contribution in [3.05, 3.63) is 42.2 Å². The molecule has 4 atom stereocenters. The molecule has 1 aliphatic heterocycles. The standard InChI is InChI=1S/C27H26N10OS/c1-15(9-28)32-22-8-23(24-6-5-20-7-17(10-29)11-31-37(20)24)30-12-21(22)26-34-35-27(39-26)36-13-18-3-4-19(14-36)25(18)33-16(2)38/h5-8,11-12,15,18-19,25H,3-4,13-14H2,1-2H3,(H,30,32)(H,33,38)/t15-,18-,19+,25?/m1/s1. The highest BCUT2D eigenvalue weighted by Crippen LogP contribution is 2.41. The van der Waals surface area contributed by atoms with Crippen molar-refractivity contribution >= 4 is 33.6 Å². The van der Waals surface area contributed by atoms with E-state index in [9.17, 15) is 15.3 Å². The van der Waals surface area contributed by atoms with Gasteiger partial charge in [-0.05, 0) is 55.9 Å². The SMILES string of the molecule is CC(=O)NC1[C@@H]2CC[C@H]1CN(c1nnc(-c3cnc(-c4ccc5cc(C#N)cnn45)cc3N[C@H](C)C#N)s1)C2. The van der Waals surface area contributed by atoms with Gasteiger partial charge in [-0.3, -0.25) is 9.78 Å². The molecule has 5 heterocycles. The number of nitriles is 2. The van der Waals surface area contributed by atoms with E-state index >= 15 is 0 Å². The Kier molecular flexibility index (Phi) is 6.33. The summed E-state index contributed by atoms with van der Waals surface area (Å²) in [6, 6.07) is 11.6. The van der Waals surface area contributed by atoms with Crippen molar-refractivity contribution in [2.75, 3.05) is 23.3 Å². The highest BCUT2D eigenvalue weighted by Gasteiger charge is 2.43. The summed E-state index contributed by atoms with van der Waals surface area (Å²) >= 11 is 1.50. The molecule has 4 aromatic rings. The zero-order valence-corrected chi connectivity index (χ0v) is 22.3. The molecule has 1 unspecified atom stereocenters. The second kappa shape index (κ2) is 9.97. The summed E-state index contributed by atoms with van der Waals surface area (Å²) < 4.78 is 1.74. The van der Waals surface area contributed by atoms with Crippen LogP contribution in [0.2, 0.25) is 0 Å². The van der Waals surface area contributed by atoms with E-state index in [1.807, 2.05) is 18.2 Å². The van der Waals surface area contributed by atoms with Gasteiger partial charge in [0.05, 0.1) is 40.3 Å². The quantitative estimate of drug-likeness (QED) is 0.376. The van der Waals surface area contributed by atoms with Crippen molar-refractivity contribution in [2.45, 2.75) is 38.8 Å². The first-order chi connectivity index (χ1) is 18.9. The Morgan fingerprint density at radius 1 is 1.15 bits per heavy atom. The van der Waals surface area contributed by atoms with E-state index in [1.165, 1.54) is 17.5 Å². The summed E-state index contributed by atoms with van der Waals surface area (Å²) in [4.78, 5) is 18.7. The molecule has 2 fully saturated rings. The number of fused-ring (bicyclic) bond motifs is 3. The minimum atomic E-state index is -0.435. The monoisotopic (exact) mass is 538 g/mol. The molecule has 39 heavy (non-hydrogen) atoms. The highest BCUT2D eigenvalue weighted by molar-refractivity contribution is 7.18. The van der Waals surface area contributed by atoms with Crippen molar-refractivity contribution in [3.8, 4) is 34.1 Å². The molecule has 2 N–H and O–H groups in total. The summed E-state index contributed by atoms with van der Waals surface area (Å²) in [6.07, 6.45) is 5.48. The molecule has 1 saturated heterocycles. The van der Waals surface area contributed by atoms with Crippen molar-refractivity contribution in [2.24, 2.45) is 11.8 Å². The number of amides is 1. The predicted molar refractivity (Wildman–Crippen MR) is 147 cm³/mol. The first-order valence-electron chi connectivity index (χ1n) is 12.8. The topological polar surface area (TPSA) is 148 Å². The number of aromatic nitrogens is 5. The van der Waals surface area contributed by atoms with E-state index in [2.05, 4.69) is 43.0 Å². The smallest absolute Gasteiger partial charge is 0.217 e. The molecule has 1 amide bonds. The number of nitrogens with one attached hydrogen (secondary N) is 2. The Morgan fingerprint density at radius 3 is 2.67 bits per heavy atom. The van der Waals surface area contributed by atoms with Gasteiger partial charge >= 0.3 is 0 Å². The molecule has 0 aromatic carbocycles.